The van der Waals surface area contributed by atoms with E-state index in [1.54, 1.807) is 18.2 Å². The molecule has 1 aliphatic carbocycles. The molecule has 0 bridgehead atoms. The molecule has 4 atom stereocenters. The number of Topliss-reactive ketones (excluding diaryl/α,β-unsaturated/α-hetero) is 1. The molecule has 42 heavy (non-hydrogen) atoms. The maximum atomic E-state index is 14.1. The molecule has 0 spiro atoms. The van der Waals surface area contributed by atoms with Gasteiger partial charge in [0.2, 0.25) is 11.8 Å². The number of anilines is 2. The molecule has 1 saturated carbocycles. The van der Waals surface area contributed by atoms with Crippen molar-refractivity contribution in [2.75, 3.05) is 24.4 Å². The Balaban J connectivity index is 1.85. The lowest BCUT2D eigenvalue weighted by molar-refractivity contribution is -0.150. The van der Waals surface area contributed by atoms with Crippen LogP contribution in [0.5, 0.6) is 11.5 Å². The molecular formula is C34H40N2O6. The molecule has 1 aliphatic rings. The molecule has 3 N–H and O–H groups in total. The molecule has 4 rings (SSSR count). The molecule has 8 nitrogen and oxygen atoms in total. The number of hydrogen-bond acceptors (Lipinski definition) is 6. The summed E-state index contributed by atoms with van der Waals surface area (Å²) in [4.78, 5) is 41.8. The predicted octanol–water partition coefficient (Wildman–Crippen LogP) is 5.64. The number of ketones is 1. The van der Waals surface area contributed by atoms with Gasteiger partial charge in [0.1, 0.15) is 11.7 Å². The van der Waals surface area contributed by atoms with E-state index in [-0.39, 0.29) is 6.42 Å². The topological polar surface area (TPSA) is 114 Å². The zero-order valence-electron chi connectivity index (χ0n) is 25.3. The van der Waals surface area contributed by atoms with Crippen LogP contribution in [0, 0.1) is 39.5 Å². The predicted molar refractivity (Wildman–Crippen MR) is 163 cm³/mol. The molecule has 2 amide bonds. The van der Waals surface area contributed by atoms with Crippen molar-refractivity contribution in [1.29, 1.82) is 0 Å². The number of carbonyl (C=O) groups is 3. The van der Waals surface area contributed by atoms with E-state index in [4.69, 9.17) is 9.47 Å². The fourth-order valence-corrected chi connectivity index (χ4v) is 5.82. The average Bonchev–Trinajstić information content (AvgIpc) is 2.91. The molecule has 4 unspecified atom stereocenters. The van der Waals surface area contributed by atoms with Crippen molar-refractivity contribution in [2.24, 2.45) is 11.8 Å². The molecule has 0 radical (unpaired) electrons. The van der Waals surface area contributed by atoms with Crippen LogP contribution < -0.4 is 20.1 Å². The van der Waals surface area contributed by atoms with Gasteiger partial charge in [-0.05, 0) is 93.6 Å². The van der Waals surface area contributed by atoms with Gasteiger partial charge in [0.05, 0.1) is 25.2 Å². The van der Waals surface area contributed by atoms with E-state index >= 15 is 0 Å². The van der Waals surface area contributed by atoms with Crippen LogP contribution >= 0.6 is 0 Å². The molecular weight excluding hydrogens is 532 g/mol. The first-order valence-electron chi connectivity index (χ1n) is 14.2. The van der Waals surface area contributed by atoms with Gasteiger partial charge in [0.25, 0.3) is 0 Å². The molecule has 0 aromatic heterocycles. The smallest absolute Gasteiger partial charge is 0.235 e. The number of hydrogen-bond donors (Lipinski definition) is 3. The highest BCUT2D eigenvalue weighted by Crippen LogP contribution is 2.48. The Bertz CT molecular complexity index is 1510. The second-order valence-electron chi connectivity index (χ2n) is 11.4. The molecule has 0 heterocycles. The second kappa shape index (κ2) is 12.4. The summed E-state index contributed by atoms with van der Waals surface area (Å²) in [5.74, 6) is -3.97. The summed E-state index contributed by atoms with van der Waals surface area (Å²) in [5.41, 5.74) is 3.57. The number of nitrogens with one attached hydrogen (secondary N) is 2. The van der Waals surface area contributed by atoms with E-state index in [1.165, 1.54) is 14.0 Å². The number of methoxy groups -OCH3 is 1. The van der Waals surface area contributed by atoms with Crippen molar-refractivity contribution in [3.8, 4) is 11.5 Å². The third-order valence-electron chi connectivity index (χ3n) is 8.01. The third-order valence-corrected chi connectivity index (χ3v) is 8.01. The van der Waals surface area contributed by atoms with Crippen molar-refractivity contribution >= 4 is 29.0 Å². The average molecular weight is 573 g/mol. The largest absolute Gasteiger partial charge is 0.493 e. The first kappa shape index (κ1) is 30.8. The van der Waals surface area contributed by atoms with Gasteiger partial charge in [-0.2, -0.15) is 0 Å². The number of carbonyl (C=O) groups excluding carboxylic acids is 3. The SMILES string of the molecule is CCOc1cc(C2C(C(=O)Nc3cc(C)ccc3C)C(=O)CC(C)(O)C2C(=O)Nc2cc(C)ccc2C)ccc1OC. The minimum atomic E-state index is -1.73. The van der Waals surface area contributed by atoms with Crippen LogP contribution in [0.2, 0.25) is 0 Å². The number of ether oxygens (including phenoxy) is 2. The van der Waals surface area contributed by atoms with Crippen molar-refractivity contribution in [2.45, 2.75) is 59.5 Å². The second-order valence-corrected chi connectivity index (χ2v) is 11.4. The highest BCUT2D eigenvalue weighted by atomic mass is 16.5. The summed E-state index contributed by atoms with van der Waals surface area (Å²) in [6.45, 7) is 11.3. The fourth-order valence-electron chi connectivity index (χ4n) is 5.82. The Morgan fingerprint density at radius 1 is 0.881 bits per heavy atom. The van der Waals surface area contributed by atoms with Crippen molar-refractivity contribution in [3.63, 3.8) is 0 Å². The van der Waals surface area contributed by atoms with Crippen LogP contribution in [0.3, 0.4) is 0 Å². The number of rotatable bonds is 8. The maximum absolute atomic E-state index is 14.1. The lowest BCUT2D eigenvalue weighted by atomic mass is 9.61. The fraction of sp³-hybridized carbons (Fsp3) is 0.382. The number of amides is 2. The quantitative estimate of drug-likeness (QED) is 0.301. The zero-order valence-corrected chi connectivity index (χ0v) is 25.3. The van der Waals surface area contributed by atoms with Crippen LogP contribution in [-0.2, 0) is 14.4 Å². The van der Waals surface area contributed by atoms with Crippen LogP contribution in [0.25, 0.3) is 0 Å². The maximum Gasteiger partial charge on any atom is 0.235 e. The van der Waals surface area contributed by atoms with Gasteiger partial charge in [-0.1, -0.05) is 30.3 Å². The molecule has 0 aliphatic heterocycles. The van der Waals surface area contributed by atoms with Crippen molar-refractivity contribution in [3.05, 3.63) is 82.4 Å². The van der Waals surface area contributed by atoms with Gasteiger partial charge in [0.15, 0.2) is 11.5 Å². The van der Waals surface area contributed by atoms with E-state index in [1.807, 2.05) is 71.0 Å². The van der Waals surface area contributed by atoms with Crippen LogP contribution in [-0.4, -0.2) is 42.0 Å². The van der Waals surface area contributed by atoms with Gasteiger partial charge in [-0.3, -0.25) is 14.4 Å². The standard InChI is InChI=1S/C34H40N2O6/c1-8-42-28-17-23(13-14-27(28)41-7)29-30(32(38)35-24-15-19(2)9-11-21(24)4)26(37)18-34(6,40)31(29)33(39)36-25-16-20(3)10-12-22(25)5/h9-17,29-31,40H,8,18H2,1-7H3,(H,35,38)(H,36,39). The zero-order chi connectivity index (χ0) is 30.8. The van der Waals surface area contributed by atoms with Crippen LogP contribution in [0.4, 0.5) is 11.4 Å². The first-order valence-corrected chi connectivity index (χ1v) is 14.2. The number of aliphatic hydroxyl groups is 1. The van der Waals surface area contributed by atoms with Gasteiger partial charge < -0.3 is 25.2 Å². The van der Waals surface area contributed by atoms with E-state index < -0.39 is 41.0 Å². The third kappa shape index (κ3) is 6.34. The summed E-state index contributed by atoms with van der Waals surface area (Å²) in [6.07, 6.45) is -0.353. The monoisotopic (exact) mass is 572 g/mol. The highest BCUT2D eigenvalue weighted by molar-refractivity contribution is 6.10. The Hall–Kier alpha value is -4.17. The van der Waals surface area contributed by atoms with Crippen LogP contribution in [0.1, 0.15) is 54.0 Å². The Kier molecular flexibility index (Phi) is 9.06. The minimum absolute atomic E-state index is 0.353. The summed E-state index contributed by atoms with van der Waals surface area (Å²) in [5, 5.41) is 17.6. The normalized spacial score (nSPS) is 21.9. The van der Waals surface area contributed by atoms with Gasteiger partial charge in [0, 0.05) is 23.7 Å². The molecule has 222 valence electrons. The van der Waals surface area contributed by atoms with E-state index in [0.29, 0.717) is 35.0 Å². The Morgan fingerprint density at radius 2 is 1.45 bits per heavy atom. The van der Waals surface area contributed by atoms with Gasteiger partial charge in [-0.15, -0.1) is 0 Å². The summed E-state index contributed by atoms with van der Waals surface area (Å²) in [6, 6.07) is 16.5. The van der Waals surface area contributed by atoms with E-state index in [0.717, 1.165) is 22.3 Å². The Labute approximate surface area is 247 Å². The molecule has 1 fully saturated rings. The van der Waals surface area contributed by atoms with Gasteiger partial charge in [-0.25, -0.2) is 0 Å². The minimum Gasteiger partial charge on any atom is -0.493 e. The van der Waals surface area contributed by atoms with E-state index in [9.17, 15) is 19.5 Å². The number of aryl methyl sites for hydroxylation is 4. The molecule has 3 aromatic carbocycles. The first-order chi connectivity index (χ1) is 19.9. The molecule has 3 aromatic rings. The van der Waals surface area contributed by atoms with Crippen molar-refractivity contribution < 1.29 is 29.0 Å². The van der Waals surface area contributed by atoms with Crippen LogP contribution in [0.15, 0.2) is 54.6 Å². The molecule has 0 saturated heterocycles. The summed E-state index contributed by atoms with van der Waals surface area (Å²) in [7, 11) is 1.52. The van der Waals surface area contributed by atoms with E-state index in [2.05, 4.69) is 10.6 Å². The number of benzene rings is 3. The lowest BCUT2D eigenvalue weighted by Crippen LogP contribution is -2.56. The molecule has 8 heteroatoms. The highest BCUT2D eigenvalue weighted by Gasteiger charge is 2.56. The Morgan fingerprint density at radius 3 is 2.00 bits per heavy atom. The lowest BCUT2D eigenvalue weighted by Gasteiger charge is -2.44. The van der Waals surface area contributed by atoms with Gasteiger partial charge >= 0.3 is 0 Å². The van der Waals surface area contributed by atoms with Crippen molar-refractivity contribution in [1.82, 2.24) is 0 Å². The summed E-state index contributed by atoms with van der Waals surface area (Å²) < 4.78 is 11.3. The summed E-state index contributed by atoms with van der Waals surface area (Å²) >= 11 is 0.